The molecular formula is C18H21N3O3. The van der Waals surface area contributed by atoms with Crippen LogP contribution in [0.15, 0.2) is 34.7 Å². The van der Waals surface area contributed by atoms with Crippen LogP contribution in [0.3, 0.4) is 0 Å². The highest BCUT2D eigenvalue weighted by Gasteiger charge is 2.20. The zero-order valence-electron chi connectivity index (χ0n) is 14.0. The second-order valence-corrected chi connectivity index (χ2v) is 6.15. The van der Waals surface area contributed by atoms with Gasteiger partial charge in [0.1, 0.15) is 11.5 Å². The SMILES string of the molecule is Cc1ccc(C(C)NC(=O)NC(C)c2ccc3c(c2)CC(=O)N3)o1. The number of urea groups is 1. The molecule has 1 aliphatic rings. The molecule has 2 aromatic rings. The Morgan fingerprint density at radius 1 is 1.17 bits per heavy atom. The standard InChI is InChI=1S/C18H21N3O3/c1-10-4-7-16(24-10)12(3)20-18(23)19-11(2)13-5-6-15-14(8-13)9-17(22)21-15/h4-8,11-12H,9H2,1-3H3,(H,21,22)(H2,19,20,23). The predicted octanol–water partition coefficient (Wildman–Crippen LogP) is 3.20. The quantitative estimate of drug-likeness (QED) is 0.806. The van der Waals surface area contributed by atoms with Gasteiger partial charge in [-0.15, -0.1) is 0 Å². The molecule has 6 nitrogen and oxygen atoms in total. The number of hydrogen-bond donors (Lipinski definition) is 3. The van der Waals surface area contributed by atoms with Gasteiger partial charge in [0, 0.05) is 5.69 Å². The second kappa shape index (κ2) is 6.39. The summed E-state index contributed by atoms with van der Waals surface area (Å²) in [5, 5.41) is 8.57. The molecule has 0 spiro atoms. The van der Waals surface area contributed by atoms with Gasteiger partial charge in [-0.3, -0.25) is 4.79 Å². The summed E-state index contributed by atoms with van der Waals surface area (Å²) in [7, 11) is 0. The lowest BCUT2D eigenvalue weighted by atomic mass is 10.0. The summed E-state index contributed by atoms with van der Waals surface area (Å²) in [5.74, 6) is 1.54. The van der Waals surface area contributed by atoms with Crippen molar-refractivity contribution in [3.8, 4) is 0 Å². The molecule has 0 aliphatic carbocycles. The van der Waals surface area contributed by atoms with E-state index in [1.54, 1.807) is 0 Å². The van der Waals surface area contributed by atoms with E-state index in [-0.39, 0.29) is 24.0 Å². The number of carbonyl (C=O) groups is 2. The molecule has 0 saturated heterocycles. The molecule has 2 atom stereocenters. The molecule has 1 aromatic heterocycles. The molecule has 126 valence electrons. The van der Waals surface area contributed by atoms with Crippen molar-refractivity contribution in [1.82, 2.24) is 10.6 Å². The molecule has 0 radical (unpaired) electrons. The molecule has 1 aliphatic heterocycles. The Balaban J connectivity index is 1.60. The van der Waals surface area contributed by atoms with Gasteiger partial charge in [-0.2, -0.15) is 0 Å². The molecule has 2 unspecified atom stereocenters. The summed E-state index contributed by atoms with van der Waals surface area (Å²) < 4.78 is 5.51. The van der Waals surface area contributed by atoms with Crippen LogP contribution in [0.2, 0.25) is 0 Å². The van der Waals surface area contributed by atoms with E-state index in [0.29, 0.717) is 6.42 Å². The second-order valence-electron chi connectivity index (χ2n) is 6.15. The van der Waals surface area contributed by atoms with Gasteiger partial charge < -0.3 is 20.4 Å². The van der Waals surface area contributed by atoms with Crippen molar-refractivity contribution in [1.29, 1.82) is 0 Å². The molecule has 3 amide bonds. The van der Waals surface area contributed by atoms with Crippen LogP contribution in [0.1, 0.15) is 48.6 Å². The first-order chi connectivity index (χ1) is 11.4. The molecule has 0 bridgehead atoms. The maximum atomic E-state index is 12.2. The Bertz CT molecular complexity index is 782. The Hall–Kier alpha value is -2.76. The third-order valence-electron chi connectivity index (χ3n) is 4.14. The van der Waals surface area contributed by atoms with Crippen molar-refractivity contribution in [2.75, 3.05) is 5.32 Å². The molecule has 1 aromatic carbocycles. The first kappa shape index (κ1) is 16.1. The van der Waals surface area contributed by atoms with Gasteiger partial charge in [0.05, 0.1) is 18.5 Å². The van der Waals surface area contributed by atoms with Crippen LogP contribution in [0, 0.1) is 6.92 Å². The lowest BCUT2D eigenvalue weighted by Gasteiger charge is -2.18. The van der Waals surface area contributed by atoms with Crippen LogP contribution in [-0.2, 0) is 11.2 Å². The van der Waals surface area contributed by atoms with Crippen molar-refractivity contribution in [2.24, 2.45) is 0 Å². The van der Waals surface area contributed by atoms with E-state index in [1.165, 1.54) is 0 Å². The van der Waals surface area contributed by atoms with E-state index in [4.69, 9.17) is 4.42 Å². The monoisotopic (exact) mass is 327 g/mol. The fourth-order valence-corrected chi connectivity index (χ4v) is 2.79. The number of furan rings is 1. The van der Waals surface area contributed by atoms with E-state index >= 15 is 0 Å². The van der Waals surface area contributed by atoms with Crippen molar-refractivity contribution < 1.29 is 14.0 Å². The largest absolute Gasteiger partial charge is 0.464 e. The highest BCUT2D eigenvalue weighted by Crippen LogP contribution is 2.26. The van der Waals surface area contributed by atoms with Crippen LogP contribution in [0.25, 0.3) is 0 Å². The summed E-state index contributed by atoms with van der Waals surface area (Å²) in [4.78, 5) is 23.6. The van der Waals surface area contributed by atoms with Crippen molar-refractivity contribution >= 4 is 17.6 Å². The van der Waals surface area contributed by atoms with Crippen LogP contribution in [-0.4, -0.2) is 11.9 Å². The minimum Gasteiger partial charge on any atom is -0.464 e. The van der Waals surface area contributed by atoms with Crippen molar-refractivity contribution in [3.63, 3.8) is 0 Å². The fourth-order valence-electron chi connectivity index (χ4n) is 2.79. The topological polar surface area (TPSA) is 83.4 Å². The van der Waals surface area contributed by atoms with Gasteiger partial charge in [-0.05, 0) is 50.1 Å². The summed E-state index contributed by atoms with van der Waals surface area (Å²) in [6, 6.07) is 8.82. The van der Waals surface area contributed by atoms with E-state index in [2.05, 4.69) is 16.0 Å². The van der Waals surface area contributed by atoms with Crippen LogP contribution in [0.5, 0.6) is 0 Å². The normalized spacial score (nSPS) is 15.4. The van der Waals surface area contributed by atoms with E-state index in [0.717, 1.165) is 28.3 Å². The molecule has 0 saturated carbocycles. The third kappa shape index (κ3) is 3.42. The van der Waals surface area contributed by atoms with Gasteiger partial charge in [-0.25, -0.2) is 4.79 Å². The van der Waals surface area contributed by atoms with E-state index < -0.39 is 0 Å². The minimum atomic E-state index is -0.265. The lowest BCUT2D eigenvalue weighted by Crippen LogP contribution is -2.38. The predicted molar refractivity (Wildman–Crippen MR) is 90.7 cm³/mol. The van der Waals surface area contributed by atoms with Crippen LogP contribution >= 0.6 is 0 Å². The zero-order valence-corrected chi connectivity index (χ0v) is 14.0. The Kier molecular flexibility index (Phi) is 4.29. The number of hydrogen-bond acceptors (Lipinski definition) is 3. The van der Waals surface area contributed by atoms with Crippen LogP contribution in [0.4, 0.5) is 10.5 Å². The number of amides is 3. The van der Waals surface area contributed by atoms with Crippen molar-refractivity contribution in [3.05, 3.63) is 53.0 Å². The molecule has 3 N–H and O–H groups in total. The maximum absolute atomic E-state index is 12.2. The van der Waals surface area contributed by atoms with Crippen molar-refractivity contribution in [2.45, 2.75) is 39.3 Å². The summed E-state index contributed by atoms with van der Waals surface area (Å²) in [5.41, 5.74) is 2.77. The average Bonchev–Trinajstić information content (AvgIpc) is 3.10. The van der Waals surface area contributed by atoms with Gasteiger partial charge in [0.15, 0.2) is 0 Å². The molecule has 6 heteroatoms. The summed E-state index contributed by atoms with van der Waals surface area (Å²) in [6.45, 7) is 5.65. The highest BCUT2D eigenvalue weighted by molar-refractivity contribution is 5.99. The van der Waals surface area contributed by atoms with Gasteiger partial charge in [0.2, 0.25) is 5.91 Å². The fraction of sp³-hybridized carbons (Fsp3) is 0.333. The smallest absolute Gasteiger partial charge is 0.315 e. The minimum absolute atomic E-state index is 0.00284. The Labute approximate surface area is 140 Å². The number of fused-ring (bicyclic) bond motifs is 1. The number of carbonyl (C=O) groups excluding carboxylic acids is 2. The summed E-state index contributed by atoms with van der Waals surface area (Å²) >= 11 is 0. The average molecular weight is 327 g/mol. The molecule has 24 heavy (non-hydrogen) atoms. The van der Waals surface area contributed by atoms with E-state index in [1.807, 2.05) is 51.1 Å². The number of aryl methyl sites for hydroxylation is 1. The van der Waals surface area contributed by atoms with E-state index in [9.17, 15) is 9.59 Å². The van der Waals surface area contributed by atoms with Crippen LogP contribution < -0.4 is 16.0 Å². The molecule has 2 heterocycles. The summed E-state index contributed by atoms with van der Waals surface area (Å²) in [6.07, 6.45) is 0.386. The highest BCUT2D eigenvalue weighted by atomic mass is 16.3. The first-order valence-corrected chi connectivity index (χ1v) is 7.98. The number of nitrogens with one attached hydrogen (secondary N) is 3. The number of rotatable bonds is 4. The molecule has 0 fully saturated rings. The van der Waals surface area contributed by atoms with Gasteiger partial charge >= 0.3 is 6.03 Å². The maximum Gasteiger partial charge on any atom is 0.315 e. The number of benzene rings is 1. The molecular weight excluding hydrogens is 306 g/mol. The molecule has 3 rings (SSSR count). The third-order valence-corrected chi connectivity index (χ3v) is 4.14. The first-order valence-electron chi connectivity index (χ1n) is 7.98. The Morgan fingerprint density at radius 2 is 1.92 bits per heavy atom. The Morgan fingerprint density at radius 3 is 2.62 bits per heavy atom. The number of anilines is 1. The van der Waals surface area contributed by atoms with Gasteiger partial charge in [0.25, 0.3) is 0 Å². The van der Waals surface area contributed by atoms with Gasteiger partial charge in [-0.1, -0.05) is 12.1 Å². The zero-order chi connectivity index (χ0) is 17.3. The lowest BCUT2D eigenvalue weighted by molar-refractivity contribution is -0.115.